The zero-order chi connectivity index (χ0) is 20.3. The molecule has 0 saturated heterocycles. The Morgan fingerprint density at radius 2 is 1.75 bits per heavy atom. The Hall–Kier alpha value is -2.60. The van der Waals surface area contributed by atoms with E-state index in [1.165, 1.54) is 11.4 Å². The fourth-order valence-corrected chi connectivity index (χ4v) is 4.38. The fraction of sp³-hybridized carbons (Fsp3) is 0.318. The van der Waals surface area contributed by atoms with Crippen molar-refractivity contribution in [2.75, 3.05) is 11.4 Å². The van der Waals surface area contributed by atoms with Gasteiger partial charge in [0.25, 0.3) is 10.0 Å². The summed E-state index contributed by atoms with van der Waals surface area (Å²) in [5, 5.41) is 0. The molecule has 1 aliphatic carbocycles. The van der Waals surface area contributed by atoms with Crippen LogP contribution in [0.2, 0.25) is 0 Å². The standard InChI is InChI=1S/C22H25NO4S/c1-16-9-14-21(15-17(16)2)28(25,26)23(3)19-10-12-20(13-11-19)27-22(24)18-7-5-4-6-8-18/h4-5,9-15,18H,6-8H2,1-3H3/t18-/m0/s1. The number of hydrogen-bond donors (Lipinski definition) is 0. The molecule has 0 spiro atoms. The predicted octanol–water partition coefficient (Wildman–Crippen LogP) is 4.39. The summed E-state index contributed by atoms with van der Waals surface area (Å²) in [6.45, 7) is 3.83. The van der Waals surface area contributed by atoms with Gasteiger partial charge in [0, 0.05) is 7.05 Å². The number of allylic oxidation sites excluding steroid dienone is 2. The van der Waals surface area contributed by atoms with E-state index >= 15 is 0 Å². The Bertz CT molecular complexity index is 994. The van der Waals surface area contributed by atoms with Gasteiger partial charge in [-0.2, -0.15) is 0 Å². The zero-order valence-corrected chi connectivity index (χ0v) is 17.2. The number of nitrogens with zero attached hydrogens (tertiary/aromatic N) is 1. The summed E-state index contributed by atoms with van der Waals surface area (Å²) < 4.78 is 32.5. The molecule has 0 aliphatic heterocycles. The lowest BCUT2D eigenvalue weighted by atomic mass is 9.95. The van der Waals surface area contributed by atoms with Crippen LogP contribution in [0.5, 0.6) is 5.75 Å². The van der Waals surface area contributed by atoms with Crippen LogP contribution < -0.4 is 9.04 Å². The smallest absolute Gasteiger partial charge is 0.314 e. The summed E-state index contributed by atoms with van der Waals surface area (Å²) >= 11 is 0. The Morgan fingerprint density at radius 3 is 2.36 bits per heavy atom. The summed E-state index contributed by atoms with van der Waals surface area (Å²) in [4.78, 5) is 12.5. The van der Waals surface area contributed by atoms with E-state index in [-0.39, 0.29) is 16.8 Å². The minimum atomic E-state index is -3.67. The molecule has 2 aromatic carbocycles. The Morgan fingerprint density at radius 1 is 1.04 bits per heavy atom. The first-order chi connectivity index (χ1) is 13.3. The van der Waals surface area contributed by atoms with Crippen LogP contribution in [0, 0.1) is 19.8 Å². The maximum Gasteiger partial charge on any atom is 0.314 e. The molecule has 1 atom stereocenters. The number of ether oxygens (including phenoxy) is 1. The van der Waals surface area contributed by atoms with Gasteiger partial charge in [-0.3, -0.25) is 9.10 Å². The summed E-state index contributed by atoms with van der Waals surface area (Å²) in [5.74, 6) is 0.0611. The second-order valence-corrected chi connectivity index (χ2v) is 9.08. The number of carbonyl (C=O) groups is 1. The van der Waals surface area contributed by atoms with Gasteiger partial charge in [-0.25, -0.2) is 8.42 Å². The van der Waals surface area contributed by atoms with E-state index in [0.29, 0.717) is 17.9 Å². The van der Waals surface area contributed by atoms with Gasteiger partial charge < -0.3 is 4.74 Å². The first kappa shape index (κ1) is 20.1. The van der Waals surface area contributed by atoms with Gasteiger partial charge in [0.15, 0.2) is 0 Å². The van der Waals surface area contributed by atoms with E-state index in [0.717, 1.165) is 24.0 Å². The van der Waals surface area contributed by atoms with Gasteiger partial charge in [-0.15, -0.1) is 0 Å². The highest BCUT2D eigenvalue weighted by Gasteiger charge is 2.23. The minimum Gasteiger partial charge on any atom is -0.426 e. The van der Waals surface area contributed by atoms with Gasteiger partial charge in [-0.1, -0.05) is 18.2 Å². The van der Waals surface area contributed by atoms with Crippen molar-refractivity contribution >= 4 is 21.7 Å². The molecule has 0 aromatic heterocycles. The number of rotatable bonds is 5. The SMILES string of the molecule is Cc1ccc(S(=O)(=O)N(C)c2ccc(OC(=O)[C@H]3CC=CCC3)cc2)cc1C. The number of anilines is 1. The largest absolute Gasteiger partial charge is 0.426 e. The molecule has 5 nitrogen and oxygen atoms in total. The first-order valence-corrected chi connectivity index (χ1v) is 10.8. The third-order valence-corrected chi connectivity index (χ3v) is 6.94. The summed E-state index contributed by atoms with van der Waals surface area (Å²) in [5.41, 5.74) is 2.47. The van der Waals surface area contributed by atoms with E-state index in [1.54, 1.807) is 42.5 Å². The van der Waals surface area contributed by atoms with E-state index in [9.17, 15) is 13.2 Å². The number of esters is 1. The molecule has 0 fully saturated rings. The highest BCUT2D eigenvalue weighted by molar-refractivity contribution is 7.92. The van der Waals surface area contributed by atoms with E-state index in [2.05, 4.69) is 6.08 Å². The summed E-state index contributed by atoms with van der Waals surface area (Å²) in [7, 11) is -2.15. The molecule has 0 saturated carbocycles. The first-order valence-electron chi connectivity index (χ1n) is 9.32. The molecule has 0 heterocycles. The molecule has 0 unspecified atom stereocenters. The quantitative estimate of drug-likeness (QED) is 0.425. The lowest BCUT2D eigenvalue weighted by Crippen LogP contribution is -2.26. The number of aryl methyl sites for hydroxylation is 2. The lowest BCUT2D eigenvalue weighted by molar-refractivity contribution is -0.139. The summed E-state index contributed by atoms with van der Waals surface area (Å²) in [6, 6.07) is 11.6. The molecular weight excluding hydrogens is 374 g/mol. The number of benzene rings is 2. The van der Waals surface area contributed by atoms with Crippen molar-refractivity contribution in [2.45, 2.75) is 38.0 Å². The van der Waals surface area contributed by atoms with Crippen molar-refractivity contribution in [2.24, 2.45) is 5.92 Å². The second kappa shape index (κ2) is 8.19. The predicted molar refractivity (Wildman–Crippen MR) is 110 cm³/mol. The second-order valence-electron chi connectivity index (χ2n) is 7.11. The molecule has 0 N–H and O–H groups in total. The number of hydrogen-bond acceptors (Lipinski definition) is 4. The Balaban J connectivity index is 1.73. The van der Waals surface area contributed by atoms with Crippen molar-refractivity contribution in [3.8, 4) is 5.75 Å². The highest BCUT2D eigenvalue weighted by atomic mass is 32.2. The fourth-order valence-electron chi connectivity index (χ4n) is 3.10. The summed E-state index contributed by atoms with van der Waals surface area (Å²) in [6.07, 6.45) is 6.47. The van der Waals surface area contributed by atoms with Crippen LogP contribution in [-0.2, 0) is 14.8 Å². The minimum absolute atomic E-state index is 0.113. The van der Waals surface area contributed by atoms with E-state index in [1.807, 2.05) is 19.9 Å². The molecule has 28 heavy (non-hydrogen) atoms. The van der Waals surface area contributed by atoms with Crippen molar-refractivity contribution < 1.29 is 17.9 Å². The molecule has 1 aliphatic rings. The Kier molecular flexibility index (Phi) is 5.89. The molecule has 0 amide bonds. The van der Waals surface area contributed by atoms with Crippen molar-refractivity contribution in [3.05, 3.63) is 65.7 Å². The van der Waals surface area contributed by atoms with Crippen LogP contribution in [0.25, 0.3) is 0 Å². The third-order valence-electron chi connectivity index (χ3n) is 5.16. The van der Waals surface area contributed by atoms with Crippen LogP contribution in [0.3, 0.4) is 0 Å². The van der Waals surface area contributed by atoms with Crippen LogP contribution in [-0.4, -0.2) is 21.4 Å². The molecule has 0 radical (unpaired) electrons. The van der Waals surface area contributed by atoms with E-state index < -0.39 is 10.0 Å². The van der Waals surface area contributed by atoms with Gasteiger partial charge in [0.05, 0.1) is 16.5 Å². The zero-order valence-electron chi connectivity index (χ0n) is 16.4. The van der Waals surface area contributed by atoms with Gasteiger partial charge in [-0.05, 0) is 80.6 Å². The van der Waals surface area contributed by atoms with Gasteiger partial charge >= 0.3 is 5.97 Å². The molecule has 0 bridgehead atoms. The topological polar surface area (TPSA) is 63.7 Å². The van der Waals surface area contributed by atoms with Gasteiger partial charge in [0.1, 0.15) is 5.75 Å². The average Bonchev–Trinajstić information content (AvgIpc) is 2.70. The van der Waals surface area contributed by atoms with Crippen molar-refractivity contribution in [3.63, 3.8) is 0 Å². The van der Waals surface area contributed by atoms with Crippen LogP contribution in [0.4, 0.5) is 5.69 Å². The van der Waals surface area contributed by atoms with Crippen LogP contribution in [0.15, 0.2) is 59.5 Å². The maximum absolute atomic E-state index is 12.9. The Labute approximate surface area is 166 Å². The van der Waals surface area contributed by atoms with E-state index in [4.69, 9.17) is 4.74 Å². The molecule has 148 valence electrons. The molecule has 3 rings (SSSR count). The average molecular weight is 400 g/mol. The van der Waals surface area contributed by atoms with Crippen molar-refractivity contribution in [1.29, 1.82) is 0 Å². The van der Waals surface area contributed by atoms with Crippen molar-refractivity contribution in [1.82, 2.24) is 0 Å². The molecule has 2 aromatic rings. The molecule has 6 heteroatoms. The molecular formula is C22H25NO4S. The third kappa shape index (κ3) is 4.28. The maximum atomic E-state index is 12.9. The number of carbonyl (C=O) groups excluding carboxylic acids is 1. The highest BCUT2D eigenvalue weighted by Crippen LogP contribution is 2.27. The number of sulfonamides is 1. The van der Waals surface area contributed by atoms with Crippen LogP contribution in [0.1, 0.15) is 30.4 Å². The van der Waals surface area contributed by atoms with Gasteiger partial charge in [0.2, 0.25) is 0 Å². The normalized spacial score (nSPS) is 16.6. The monoisotopic (exact) mass is 399 g/mol. The lowest BCUT2D eigenvalue weighted by Gasteiger charge is -2.20. The van der Waals surface area contributed by atoms with Crippen LogP contribution >= 0.6 is 0 Å².